The Labute approximate surface area is 143 Å². The van der Waals surface area contributed by atoms with Crippen molar-refractivity contribution in [2.24, 2.45) is 5.73 Å². The topological polar surface area (TPSA) is 55.3 Å². The molecule has 0 aliphatic heterocycles. The first-order valence-corrected chi connectivity index (χ1v) is 7.69. The minimum atomic E-state index is 0.684. The van der Waals surface area contributed by atoms with E-state index >= 15 is 0 Å². The van der Waals surface area contributed by atoms with Crippen LogP contribution in [0.25, 0.3) is 0 Å². The van der Waals surface area contributed by atoms with E-state index < -0.39 is 0 Å². The van der Waals surface area contributed by atoms with E-state index in [0.29, 0.717) is 5.69 Å². The van der Waals surface area contributed by atoms with Gasteiger partial charge >= 0.3 is 0 Å². The molecule has 0 unspecified atom stereocenters. The Bertz CT molecular complexity index is 786. The van der Waals surface area contributed by atoms with E-state index in [0.717, 1.165) is 28.2 Å². The van der Waals surface area contributed by atoms with Gasteiger partial charge in [-0.1, -0.05) is 49.6 Å². The lowest BCUT2D eigenvalue weighted by Crippen LogP contribution is -2.18. The minimum absolute atomic E-state index is 0.684. The summed E-state index contributed by atoms with van der Waals surface area (Å²) in [6.45, 7) is 10.4. The normalized spacial score (nSPS) is 11.0. The third-order valence-electron chi connectivity index (χ3n) is 3.60. The summed E-state index contributed by atoms with van der Waals surface area (Å²) in [6, 6.07) is 15.9. The van der Waals surface area contributed by atoms with E-state index in [-0.39, 0.29) is 0 Å². The number of para-hydroxylation sites is 1. The van der Waals surface area contributed by atoms with Crippen molar-refractivity contribution >= 4 is 17.1 Å². The summed E-state index contributed by atoms with van der Waals surface area (Å²) in [7, 11) is 0. The van der Waals surface area contributed by atoms with Crippen LogP contribution in [0.5, 0.6) is 0 Å². The molecule has 2 rings (SSSR count). The van der Waals surface area contributed by atoms with E-state index in [2.05, 4.69) is 13.2 Å². The molecule has 2 aromatic carbocycles. The Morgan fingerprint density at radius 2 is 1.75 bits per heavy atom. The maximum absolute atomic E-state index is 6.23. The molecule has 0 saturated heterocycles. The van der Waals surface area contributed by atoms with Gasteiger partial charge in [-0.2, -0.15) is 0 Å². The highest BCUT2D eigenvalue weighted by molar-refractivity contribution is 5.80. The van der Waals surface area contributed by atoms with Crippen LogP contribution in [0.1, 0.15) is 5.56 Å². The number of anilines is 3. The molecule has 122 valence electrons. The molecule has 0 spiro atoms. The summed E-state index contributed by atoms with van der Waals surface area (Å²) in [5, 5.41) is 0. The van der Waals surface area contributed by atoms with Crippen LogP contribution >= 0.6 is 0 Å². The Morgan fingerprint density at radius 1 is 1.04 bits per heavy atom. The van der Waals surface area contributed by atoms with E-state index in [1.165, 1.54) is 6.20 Å². The molecule has 3 heteroatoms. The molecule has 0 fully saturated rings. The molecule has 2 aromatic rings. The Balaban J connectivity index is 2.50. The van der Waals surface area contributed by atoms with E-state index in [1.807, 2.05) is 72.5 Å². The minimum Gasteiger partial charge on any atom is -0.405 e. The number of benzene rings is 2. The molecule has 0 aliphatic carbocycles. The van der Waals surface area contributed by atoms with Crippen LogP contribution in [-0.2, 0) is 0 Å². The van der Waals surface area contributed by atoms with E-state index in [4.69, 9.17) is 11.5 Å². The lowest BCUT2D eigenvalue weighted by Gasteiger charge is -2.29. The van der Waals surface area contributed by atoms with Crippen LogP contribution in [0.15, 0.2) is 97.4 Å². The van der Waals surface area contributed by atoms with Crippen molar-refractivity contribution in [3.63, 3.8) is 0 Å². The third-order valence-corrected chi connectivity index (χ3v) is 3.60. The highest BCUT2D eigenvalue weighted by Crippen LogP contribution is 2.36. The summed E-state index contributed by atoms with van der Waals surface area (Å²) in [5.41, 5.74) is 16.8. The van der Waals surface area contributed by atoms with Crippen molar-refractivity contribution in [3.05, 3.63) is 103 Å². The zero-order valence-corrected chi connectivity index (χ0v) is 13.9. The molecular formula is C21H23N3. The van der Waals surface area contributed by atoms with Crippen LogP contribution in [0.3, 0.4) is 0 Å². The predicted octanol–water partition coefficient (Wildman–Crippen LogP) is 4.81. The first-order valence-electron chi connectivity index (χ1n) is 7.69. The molecule has 0 bridgehead atoms. The zero-order valence-electron chi connectivity index (χ0n) is 13.9. The molecule has 0 amide bonds. The molecule has 0 heterocycles. The van der Waals surface area contributed by atoms with Crippen molar-refractivity contribution in [1.82, 2.24) is 0 Å². The summed E-state index contributed by atoms with van der Waals surface area (Å²) >= 11 is 0. The van der Waals surface area contributed by atoms with Gasteiger partial charge in [0.05, 0.1) is 11.4 Å². The summed E-state index contributed by atoms with van der Waals surface area (Å²) in [4.78, 5) is 2.02. The summed E-state index contributed by atoms with van der Waals surface area (Å²) in [6.07, 6.45) is 6.91. The van der Waals surface area contributed by atoms with E-state index in [9.17, 15) is 0 Å². The molecule has 0 aliphatic rings. The number of nitrogens with zero attached hydrogens (tertiary/aromatic N) is 1. The SMILES string of the molecule is C=C(/C=C\C=C/N)C(=C)N(c1ccccc1)c1cc(C)ccc1N. The standard InChI is InChI=1S/C21H23N3/c1-16-12-13-20(23)21(15-16)24(19-10-5-4-6-11-19)18(3)17(2)9-7-8-14-22/h4-15H,2-3,22-23H2,1H3/b9-7-,14-8-. The molecule has 0 aromatic heterocycles. The van der Waals surface area contributed by atoms with Crippen molar-refractivity contribution in [3.8, 4) is 0 Å². The van der Waals surface area contributed by atoms with Crippen LogP contribution in [-0.4, -0.2) is 0 Å². The molecule has 0 atom stereocenters. The molecule has 4 N–H and O–H groups in total. The predicted molar refractivity (Wildman–Crippen MR) is 105 cm³/mol. The number of allylic oxidation sites excluding steroid dienone is 3. The van der Waals surface area contributed by atoms with Gasteiger partial charge in [0.2, 0.25) is 0 Å². The lowest BCUT2D eigenvalue weighted by atomic mass is 10.1. The first-order chi connectivity index (χ1) is 11.5. The van der Waals surface area contributed by atoms with Gasteiger partial charge in [-0.3, -0.25) is 0 Å². The molecule has 24 heavy (non-hydrogen) atoms. The molecule has 0 saturated carbocycles. The second-order valence-corrected chi connectivity index (χ2v) is 5.45. The largest absolute Gasteiger partial charge is 0.405 e. The van der Waals surface area contributed by atoms with Gasteiger partial charge in [-0.15, -0.1) is 0 Å². The van der Waals surface area contributed by atoms with Gasteiger partial charge in [0.15, 0.2) is 0 Å². The summed E-state index contributed by atoms with van der Waals surface area (Å²) in [5.74, 6) is 0. The fourth-order valence-corrected chi connectivity index (χ4v) is 2.34. The first kappa shape index (κ1) is 17.2. The zero-order chi connectivity index (χ0) is 17.5. The summed E-state index contributed by atoms with van der Waals surface area (Å²) < 4.78 is 0. The van der Waals surface area contributed by atoms with Crippen LogP contribution < -0.4 is 16.4 Å². The van der Waals surface area contributed by atoms with Gasteiger partial charge in [-0.05, 0) is 54.6 Å². The van der Waals surface area contributed by atoms with Crippen molar-refractivity contribution in [1.29, 1.82) is 0 Å². The average Bonchev–Trinajstić information content (AvgIpc) is 2.59. The van der Waals surface area contributed by atoms with Crippen LogP contribution in [0, 0.1) is 6.92 Å². The smallest absolute Gasteiger partial charge is 0.0693 e. The van der Waals surface area contributed by atoms with Gasteiger partial charge in [0.1, 0.15) is 0 Å². The maximum Gasteiger partial charge on any atom is 0.0693 e. The average molecular weight is 317 g/mol. The monoisotopic (exact) mass is 317 g/mol. The fraction of sp³-hybridized carbons (Fsp3) is 0.0476. The number of hydrogen-bond acceptors (Lipinski definition) is 3. The molecule has 3 nitrogen and oxygen atoms in total. The highest BCUT2D eigenvalue weighted by Gasteiger charge is 2.16. The van der Waals surface area contributed by atoms with Crippen molar-refractivity contribution in [2.45, 2.75) is 6.92 Å². The van der Waals surface area contributed by atoms with Crippen molar-refractivity contribution < 1.29 is 0 Å². The number of nitrogens with two attached hydrogens (primary N) is 2. The van der Waals surface area contributed by atoms with Crippen molar-refractivity contribution in [2.75, 3.05) is 10.6 Å². The number of rotatable bonds is 6. The Hall–Kier alpha value is -3.20. The van der Waals surface area contributed by atoms with Gasteiger partial charge in [-0.25, -0.2) is 0 Å². The van der Waals surface area contributed by atoms with Crippen LogP contribution in [0.2, 0.25) is 0 Å². The van der Waals surface area contributed by atoms with Gasteiger partial charge in [0, 0.05) is 11.4 Å². The molecule has 0 radical (unpaired) electrons. The fourth-order valence-electron chi connectivity index (χ4n) is 2.34. The van der Waals surface area contributed by atoms with Gasteiger partial charge < -0.3 is 16.4 Å². The Kier molecular flexibility index (Phi) is 5.63. The van der Waals surface area contributed by atoms with E-state index in [1.54, 1.807) is 6.08 Å². The lowest BCUT2D eigenvalue weighted by molar-refractivity contribution is 1.19. The highest BCUT2D eigenvalue weighted by atomic mass is 15.2. The quantitative estimate of drug-likeness (QED) is 0.593. The molecular weight excluding hydrogens is 294 g/mol. The second kappa shape index (κ2) is 7.88. The van der Waals surface area contributed by atoms with Gasteiger partial charge in [0.25, 0.3) is 0 Å². The third kappa shape index (κ3) is 3.96. The number of aryl methyl sites for hydroxylation is 1. The number of nitrogen functional groups attached to an aromatic ring is 1. The number of hydrogen-bond donors (Lipinski definition) is 2. The second-order valence-electron chi connectivity index (χ2n) is 5.45. The maximum atomic E-state index is 6.23. The Morgan fingerprint density at radius 3 is 2.42 bits per heavy atom. The van der Waals surface area contributed by atoms with Crippen LogP contribution in [0.4, 0.5) is 17.1 Å².